The predicted molar refractivity (Wildman–Crippen MR) is 101 cm³/mol. The number of benzene rings is 1. The summed E-state index contributed by atoms with van der Waals surface area (Å²) in [5.74, 6) is -0.342. The number of hydrogen-bond donors (Lipinski definition) is 0. The predicted octanol–water partition coefficient (Wildman–Crippen LogP) is 3.03. The number of nitrogens with zero attached hydrogens (tertiary/aromatic N) is 4. The lowest BCUT2D eigenvalue weighted by molar-refractivity contribution is -0.117. The van der Waals surface area contributed by atoms with Crippen LogP contribution in [0.3, 0.4) is 0 Å². The van der Waals surface area contributed by atoms with E-state index in [1.807, 2.05) is 24.7 Å². The Morgan fingerprint density at radius 3 is 3.00 bits per heavy atom. The lowest BCUT2D eigenvalue weighted by Gasteiger charge is -2.16. The van der Waals surface area contributed by atoms with Crippen molar-refractivity contribution in [2.75, 3.05) is 11.4 Å². The first kappa shape index (κ1) is 17.4. The number of carbonyl (C=O) groups is 2. The fraction of sp³-hybridized carbons (Fsp3) is 0.263. The van der Waals surface area contributed by atoms with Crippen LogP contribution in [-0.2, 0) is 23.2 Å². The Bertz CT molecular complexity index is 994. The van der Waals surface area contributed by atoms with E-state index < -0.39 is 5.97 Å². The maximum atomic E-state index is 12.4. The van der Waals surface area contributed by atoms with Gasteiger partial charge in [0.25, 0.3) is 0 Å². The van der Waals surface area contributed by atoms with Crippen molar-refractivity contribution in [3.05, 3.63) is 53.3 Å². The standard InChI is InChI=1S/C19H18N4O3S/c1-22-10-14(9-20-22)18-21-15(12-27-18)11-26-19(25)13-4-2-5-16(8-13)23-7-3-6-17(23)24/h2,4-5,8-10,12H,3,6-7,11H2,1H3. The molecule has 7 nitrogen and oxygen atoms in total. The number of amides is 1. The van der Waals surface area contributed by atoms with E-state index >= 15 is 0 Å². The Kier molecular flexibility index (Phi) is 4.72. The van der Waals surface area contributed by atoms with Crippen molar-refractivity contribution in [2.24, 2.45) is 7.05 Å². The van der Waals surface area contributed by atoms with Crippen LogP contribution in [0.5, 0.6) is 0 Å². The number of esters is 1. The lowest BCUT2D eigenvalue weighted by atomic mass is 10.2. The van der Waals surface area contributed by atoms with Gasteiger partial charge in [0.2, 0.25) is 5.91 Å². The quantitative estimate of drug-likeness (QED) is 0.634. The zero-order valence-electron chi connectivity index (χ0n) is 14.8. The highest BCUT2D eigenvalue weighted by molar-refractivity contribution is 7.13. The smallest absolute Gasteiger partial charge is 0.338 e. The lowest BCUT2D eigenvalue weighted by Crippen LogP contribution is -2.23. The number of hydrogen-bond acceptors (Lipinski definition) is 6. The summed E-state index contributed by atoms with van der Waals surface area (Å²) in [5.41, 5.74) is 2.79. The van der Waals surface area contributed by atoms with Crippen LogP contribution in [0.15, 0.2) is 42.0 Å². The normalized spacial score (nSPS) is 14.0. The van der Waals surface area contributed by atoms with Crippen LogP contribution in [0.25, 0.3) is 10.6 Å². The maximum absolute atomic E-state index is 12.4. The van der Waals surface area contributed by atoms with Crippen molar-refractivity contribution in [3.8, 4) is 10.6 Å². The Labute approximate surface area is 160 Å². The number of aromatic nitrogens is 3. The minimum absolute atomic E-state index is 0.0888. The molecule has 0 atom stereocenters. The van der Waals surface area contributed by atoms with Gasteiger partial charge in [-0.25, -0.2) is 9.78 Å². The average Bonchev–Trinajstić information content (AvgIpc) is 3.40. The zero-order valence-corrected chi connectivity index (χ0v) is 15.6. The summed E-state index contributed by atoms with van der Waals surface area (Å²) in [4.78, 5) is 30.5. The van der Waals surface area contributed by atoms with Crippen LogP contribution in [0.4, 0.5) is 5.69 Å². The number of ether oxygens (including phenoxy) is 1. The van der Waals surface area contributed by atoms with Crippen LogP contribution < -0.4 is 4.90 Å². The van der Waals surface area contributed by atoms with Crippen molar-refractivity contribution < 1.29 is 14.3 Å². The molecule has 0 bridgehead atoms. The largest absolute Gasteiger partial charge is 0.456 e. The molecule has 8 heteroatoms. The van der Waals surface area contributed by atoms with Gasteiger partial charge < -0.3 is 9.64 Å². The second kappa shape index (κ2) is 7.32. The third kappa shape index (κ3) is 3.75. The van der Waals surface area contributed by atoms with Gasteiger partial charge in [0.1, 0.15) is 11.6 Å². The topological polar surface area (TPSA) is 77.3 Å². The van der Waals surface area contributed by atoms with E-state index in [4.69, 9.17) is 4.74 Å². The van der Waals surface area contributed by atoms with Gasteiger partial charge >= 0.3 is 5.97 Å². The van der Waals surface area contributed by atoms with Gasteiger partial charge in [0.15, 0.2) is 0 Å². The molecule has 138 valence electrons. The molecule has 1 aliphatic heterocycles. The molecular formula is C19H18N4O3S. The van der Waals surface area contributed by atoms with E-state index in [0.29, 0.717) is 24.2 Å². The molecule has 1 aliphatic rings. The van der Waals surface area contributed by atoms with Crippen LogP contribution in [0, 0.1) is 0 Å². The van der Waals surface area contributed by atoms with Crippen molar-refractivity contribution in [1.29, 1.82) is 0 Å². The number of carbonyl (C=O) groups excluding carboxylic acids is 2. The van der Waals surface area contributed by atoms with E-state index in [-0.39, 0.29) is 12.5 Å². The monoisotopic (exact) mass is 382 g/mol. The number of anilines is 1. The minimum atomic E-state index is -0.431. The third-order valence-electron chi connectivity index (χ3n) is 4.32. The van der Waals surface area contributed by atoms with E-state index in [2.05, 4.69) is 10.1 Å². The van der Waals surface area contributed by atoms with E-state index in [9.17, 15) is 9.59 Å². The Balaban J connectivity index is 1.41. The molecule has 3 aromatic rings. The summed E-state index contributed by atoms with van der Waals surface area (Å²) in [6.45, 7) is 0.787. The second-order valence-electron chi connectivity index (χ2n) is 6.32. The van der Waals surface area contributed by atoms with Crippen LogP contribution in [-0.4, -0.2) is 33.2 Å². The molecule has 2 aromatic heterocycles. The zero-order chi connectivity index (χ0) is 18.8. The first-order chi connectivity index (χ1) is 13.1. The van der Waals surface area contributed by atoms with Crippen molar-refractivity contribution in [2.45, 2.75) is 19.4 Å². The highest BCUT2D eigenvalue weighted by Crippen LogP contribution is 2.24. The fourth-order valence-corrected chi connectivity index (χ4v) is 3.76. The second-order valence-corrected chi connectivity index (χ2v) is 7.18. The Morgan fingerprint density at radius 1 is 1.37 bits per heavy atom. The molecule has 0 radical (unpaired) electrons. The molecule has 0 unspecified atom stereocenters. The maximum Gasteiger partial charge on any atom is 0.338 e. The van der Waals surface area contributed by atoms with Gasteiger partial charge in [-0.05, 0) is 24.6 Å². The summed E-state index contributed by atoms with van der Waals surface area (Å²) < 4.78 is 7.11. The van der Waals surface area contributed by atoms with E-state index in [1.165, 1.54) is 11.3 Å². The van der Waals surface area contributed by atoms with Crippen molar-refractivity contribution >= 4 is 28.9 Å². The van der Waals surface area contributed by atoms with Gasteiger partial charge in [0.05, 0.1) is 17.5 Å². The Hall–Kier alpha value is -3.00. The van der Waals surface area contributed by atoms with Crippen LogP contribution in [0.2, 0.25) is 0 Å². The number of rotatable bonds is 5. The highest BCUT2D eigenvalue weighted by Gasteiger charge is 2.22. The third-order valence-corrected chi connectivity index (χ3v) is 5.26. The Morgan fingerprint density at radius 2 is 2.26 bits per heavy atom. The molecule has 4 rings (SSSR count). The van der Waals surface area contributed by atoms with E-state index in [0.717, 1.165) is 22.7 Å². The molecule has 1 amide bonds. The van der Waals surface area contributed by atoms with Crippen molar-refractivity contribution in [1.82, 2.24) is 14.8 Å². The minimum Gasteiger partial charge on any atom is -0.456 e. The molecule has 1 fully saturated rings. The fourth-order valence-electron chi connectivity index (χ4n) is 2.98. The van der Waals surface area contributed by atoms with Gasteiger partial charge in [-0.1, -0.05) is 6.07 Å². The SMILES string of the molecule is Cn1cc(-c2nc(COC(=O)c3cccc(N4CCCC4=O)c3)cs2)cn1. The molecule has 0 spiro atoms. The number of aryl methyl sites for hydroxylation is 1. The highest BCUT2D eigenvalue weighted by atomic mass is 32.1. The molecule has 27 heavy (non-hydrogen) atoms. The van der Waals surface area contributed by atoms with Gasteiger partial charge in [-0.3, -0.25) is 9.48 Å². The molecular weight excluding hydrogens is 364 g/mol. The summed E-state index contributed by atoms with van der Waals surface area (Å²) in [6.07, 6.45) is 5.04. The van der Waals surface area contributed by atoms with Crippen LogP contribution in [0.1, 0.15) is 28.9 Å². The molecule has 1 aromatic carbocycles. The molecule has 0 N–H and O–H groups in total. The summed E-state index contributed by atoms with van der Waals surface area (Å²) in [7, 11) is 1.85. The van der Waals surface area contributed by atoms with Crippen LogP contribution >= 0.6 is 11.3 Å². The van der Waals surface area contributed by atoms with Crippen molar-refractivity contribution in [3.63, 3.8) is 0 Å². The van der Waals surface area contributed by atoms with Gasteiger partial charge in [-0.2, -0.15) is 5.10 Å². The molecule has 1 saturated heterocycles. The van der Waals surface area contributed by atoms with E-state index in [1.54, 1.807) is 34.0 Å². The molecule has 3 heterocycles. The summed E-state index contributed by atoms with van der Waals surface area (Å²) in [6, 6.07) is 6.99. The van der Waals surface area contributed by atoms with Gasteiger partial charge in [0, 0.05) is 42.8 Å². The molecule has 0 aliphatic carbocycles. The van der Waals surface area contributed by atoms with Gasteiger partial charge in [-0.15, -0.1) is 11.3 Å². The summed E-state index contributed by atoms with van der Waals surface area (Å²) >= 11 is 1.48. The molecule has 0 saturated carbocycles. The summed E-state index contributed by atoms with van der Waals surface area (Å²) in [5, 5.41) is 6.84. The first-order valence-corrected chi connectivity index (χ1v) is 9.49. The first-order valence-electron chi connectivity index (χ1n) is 8.61. The average molecular weight is 382 g/mol. The number of thiazole rings is 1.